The van der Waals surface area contributed by atoms with E-state index in [0.29, 0.717) is 16.9 Å². The first-order valence-electron chi connectivity index (χ1n) is 7.85. The van der Waals surface area contributed by atoms with Crippen LogP contribution in [0.3, 0.4) is 0 Å². The average molecular weight is 308 g/mol. The fourth-order valence-corrected chi connectivity index (χ4v) is 3.13. The Balaban J connectivity index is 2.13. The lowest BCUT2D eigenvalue weighted by Crippen LogP contribution is -2.26. The summed E-state index contributed by atoms with van der Waals surface area (Å²) in [5, 5.41) is 0. The second kappa shape index (κ2) is 5.65. The van der Waals surface area contributed by atoms with Gasteiger partial charge in [-0.25, -0.2) is 0 Å². The maximum atomic E-state index is 12.4. The van der Waals surface area contributed by atoms with Gasteiger partial charge in [-0.1, -0.05) is 23.8 Å². The lowest BCUT2D eigenvalue weighted by Gasteiger charge is -2.27. The van der Waals surface area contributed by atoms with Crippen LogP contribution in [0.1, 0.15) is 60.7 Å². The molecule has 0 saturated carbocycles. The highest BCUT2D eigenvalue weighted by Crippen LogP contribution is 2.42. The van der Waals surface area contributed by atoms with Gasteiger partial charge in [-0.3, -0.25) is 9.59 Å². The SMILES string of the molecule is CC(C)=CCCC1=COC2=C(C)C(=O)C(=O)c3c(C)ccc1c32. The van der Waals surface area contributed by atoms with Crippen LogP contribution in [-0.2, 0) is 9.53 Å². The van der Waals surface area contributed by atoms with E-state index in [4.69, 9.17) is 4.74 Å². The molecule has 1 aliphatic heterocycles. The smallest absolute Gasteiger partial charge is 0.234 e. The van der Waals surface area contributed by atoms with Crippen LogP contribution in [-0.4, -0.2) is 11.6 Å². The van der Waals surface area contributed by atoms with Crippen molar-refractivity contribution >= 4 is 22.9 Å². The molecule has 0 spiro atoms. The van der Waals surface area contributed by atoms with Crippen molar-refractivity contribution in [2.45, 2.75) is 40.5 Å². The Morgan fingerprint density at radius 3 is 2.52 bits per heavy atom. The van der Waals surface area contributed by atoms with Crippen LogP contribution in [0.15, 0.2) is 35.6 Å². The molecule has 3 nitrogen and oxygen atoms in total. The summed E-state index contributed by atoms with van der Waals surface area (Å²) in [5.74, 6) is -0.349. The predicted octanol–water partition coefficient (Wildman–Crippen LogP) is 4.61. The molecule has 3 heteroatoms. The van der Waals surface area contributed by atoms with Crippen LogP contribution in [0.25, 0.3) is 11.3 Å². The molecule has 0 aromatic heterocycles. The number of aryl methyl sites for hydroxylation is 1. The van der Waals surface area contributed by atoms with E-state index >= 15 is 0 Å². The summed E-state index contributed by atoms with van der Waals surface area (Å²) >= 11 is 0. The third-order valence-electron chi connectivity index (χ3n) is 4.39. The molecule has 2 aliphatic rings. The van der Waals surface area contributed by atoms with Crippen LogP contribution in [0, 0.1) is 6.92 Å². The normalized spacial score (nSPS) is 15.9. The van der Waals surface area contributed by atoms with E-state index in [-0.39, 0.29) is 0 Å². The minimum Gasteiger partial charge on any atom is -0.464 e. The van der Waals surface area contributed by atoms with Gasteiger partial charge in [-0.05, 0) is 57.2 Å². The molecule has 0 N–H and O–H groups in total. The van der Waals surface area contributed by atoms with Crippen molar-refractivity contribution in [3.63, 3.8) is 0 Å². The molecule has 0 saturated heterocycles. The number of carbonyl (C=O) groups is 2. The zero-order valence-corrected chi connectivity index (χ0v) is 13.9. The number of hydrogen-bond donors (Lipinski definition) is 0. The third kappa shape index (κ3) is 2.46. The maximum absolute atomic E-state index is 12.4. The molecule has 1 aromatic rings. The van der Waals surface area contributed by atoms with Crippen molar-refractivity contribution in [1.29, 1.82) is 0 Å². The maximum Gasteiger partial charge on any atom is 0.234 e. The summed E-state index contributed by atoms with van der Waals surface area (Å²) in [6.07, 6.45) is 5.68. The van der Waals surface area contributed by atoms with Crippen LogP contribution in [0.5, 0.6) is 0 Å². The molecule has 1 heterocycles. The molecule has 0 amide bonds. The molecule has 0 atom stereocenters. The molecule has 0 fully saturated rings. The highest BCUT2D eigenvalue weighted by atomic mass is 16.5. The van der Waals surface area contributed by atoms with Gasteiger partial charge in [-0.15, -0.1) is 0 Å². The van der Waals surface area contributed by atoms with Crippen molar-refractivity contribution < 1.29 is 14.3 Å². The zero-order chi connectivity index (χ0) is 16.7. The summed E-state index contributed by atoms with van der Waals surface area (Å²) in [6.45, 7) is 7.68. The van der Waals surface area contributed by atoms with E-state index in [9.17, 15) is 9.59 Å². The van der Waals surface area contributed by atoms with Crippen molar-refractivity contribution in [3.8, 4) is 0 Å². The molecular formula is C20H20O3. The van der Waals surface area contributed by atoms with E-state index in [1.807, 2.05) is 19.1 Å². The number of rotatable bonds is 3. The van der Waals surface area contributed by atoms with Crippen molar-refractivity contribution in [2.24, 2.45) is 0 Å². The first-order chi connectivity index (χ1) is 10.9. The number of ketones is 2. The van der Waals surface area contributed by atoms with Gasteiger partial charge < -0.3 is 4.74 Å². The fraction of sp³-hybridized carbons (Fsp3) is 0.300. The predicted molar refractivity (Wildman–Crippen MR) is 90.8 cm³/mol. The van der Waals surface area contributed by atoms with Gasteiger partial charge in [-0.2, -0.15) is 0 Å². The molecule has 1 aliphatic carbocycles. The van der Waals surface area contributed by atoms with Gasteiger partial charge in [0.05, 0.1) is 6.26 Å². The molecule has 3 rings (SSSR count). The Labute approximate surface area is 136 Å². The first-order valence-corrected chi connectivity index (χ1v) is 7.85. The number of ether oxygens (including phenoxy) is 1. The van der Waals surface area contributed by atoms with Crippen LogP contribution in [0.2, 0.25) is 0 Å². The van der Waals surface area contributed by atoms with Gasteiger partial charge in [0.2, 0.25) is 11.6 Å². The van der Waals surface area contributed by atoms with E-state index in [2.05, 4.69) is 19.9 Å². The zero-order valence-electron chi connectivity index (χ0n) is 13.9. The molecule has 0 radical (unpaired) electrons. The van der Waals surface area contributed by atoms with E-state index in [1.165, 1.54) is 5.57 Å². The standard InChI is InChI=1S/C20H20O3/c1-11(2)6-5-7-14-10-23-20-13(4)18(21)19(22)16-12(3)8-9-15(14)17(16)20/h6,8-10H,5,7H2,1-4H3. The summed E-state index contributed by atoms with van der Waals surface area (Å²) in [6, 6.07) is 3.94. The minimum atomic E-state index is -0.464. The summed E-state index contributed by atoms with van der Waals surface area (Å²) in [7, 11) is 0. The van der Waals surface area contributed by atoms with Gasteiger partial charge in [0.15, 0.2) is 0 Å². The largest absolute Gasteiger partial charge is 0.464 e. The number of carbonyl (C=O) groups excluding carboxylic acids is 2. The fourth-order valence-electron chi connectivity index (χ4n) is 3.13. The van der Waals surface area contributed by atoms with Crippen molar-refractivity contribution in [3.05, 3.63) is 57.9 Å². The molecule has 1 aromatic carbocycles. The number of benzene rings is 1. The van der Waals surface area contributed by atoms with Gasteiger partial charge in [0.1, 0.15) is 5.76 Å². The quantitative estimate of drug-likeness (QED) is 0.605. The molecule has 0 unspecified atom stereocenters. The molecule has 0 bridgehead atoms. The summed E-state index contributed by atoms with van der Waals surface area (Å²) in [4.78, 5) is 24.6. The van der Waals surface area contributed by atoms with Gasteiger partial charge in [0.25, 0.3) is 0 Å². The Morgan fingerprint density at radius 2 is 1.83 bits per heavy atom. The highest BCUT2D eigenvalue weighted by Gasteiger charge is 2.36. The molecule has 118 valence electrons. The highest BCUT2D eigenvalue weighted by molar-refractivity contribution is 6.52. The molecule has 23 heavy (non-hydrogen) atoms. The minimum absolute atomic E-state index is 0.397. The van der Waals surface area contributed by atoms with E-state index in [1.54, 1.807) is 13.2 Å². The summed E-state index contributed by atoms with van der Waals surface area (Å²) < 4.78 is 5.77. The topological polar surface area (TPSA) is 43.4 Å². The van der Waals surface area contributed by atoms with Crippen LogP contribution < -0.4 is 0 Å². The lowest BCUT2D eigenvalue weighted by molar-refractivity contribution is -0.111. The Hall–Kier alpha value is -2.42. The number of allylic oxidation sites excluding steroid dienone is 4. The Morgan fingerprint density at radius 1 is 1.09 bits per heavy atom. The Kier molecular flexibility index (Phi) is 3.80. The third-order valence-corrected chi connectivity index (χ3v) is 4.39. The van der Waals surface area contributed by atoms with Crippen LogP contribution >= 0.6 is 0 Å². The number of hydrogen-bond acceptors (Lipinski definition) is 3. The average Bonchev–Trinajstić information content (AvgIpc) is 2.51. The summed E-state index contributed by atoms with van der Waals surface area (Å²) in [5.41, 5.74) is 5.87. The monoisotopic (exact) mass is 308 g/mol. The van der Waals surface area contributed by atoms with Crippen molar-refractivity contribution in [1.82, 2.24) is 0 Å². The van der Waals surface area contributed by atoms with E-state index in [0.717, 1.165) is 35.1 Å². The Bertz CT molecular complexity index is 816. The first kappa shape index (κ1) is 15.5. The van der Waals surface area contributed by atoms with Crippen LogP contribution in [0.4, 0.5) is 0 Å². The van der Waals surface area contributed by atoms with Gasteiger partial charge in [0, 0.05) is 16.7 Å². The van der Waals surface area contributed by atoms with E-state index < -0.39 is 11.6 Å². The lowest BCUT2D eigenvalue weighted by atomic mass is 9.80. The molecular weight excluding hydrogens is 288 g/mol. The van der Waals surface area contributed by atoms with Gasteiger partial charge >= 0.3 is 0 Å². The second-order valence-electron chi connectivity index (χ2n) is 6.37. The number of Topliss-reactive ketones (excluding diaryl/α,β-unsaturated/α-hetero) is 2. The van der Waals surface area contributed by atoms with Crippen molar-refractivity contribution in [2.75, 3.05) is 0 Å². The second-order valence-corrected chi connectivity index (χ2v) is 6.37.